The van der Waals surface area contributed by atoms with Crippen molar-refractivity contribution in [1.29, 1.82) is 0 Å². The van der Waals surface area contributed by atoms with Crippen LogP contribution in [0.15, 0.2) is 48.9 Å². The van der Waals surface area contributed by atoms with Gasteiger partial charge in [-0.1, -0.05) is 30.3 Å². The van der Waals surface area contributed by atoms with Gasteiger partial charge in [-0.05, 0) is 5.56 Å². The van der Waals surface area contributed by atoms with Gasteiger partial charge >= 0.3 is 0 Å². The maximum Gasteiger partial charge on any atom is 0.0729 e. The molecular formula is C14H15N5. The minimum absolute atomic E-state index is 0.715. The average Bonchev–Trinajstić information content (AvgIpc) is 3.06. The van der Waals surface area contributed by atoms with Crippen LogP contribution in [0.5, 0.6) is 0 Å². The maximum absolute atomic E-state index is 4.13. The molecule has 5 heteroatoms. The quantitative estimate of drug-likeness (QED) is 0.750. The molecule has 2 N–H and O–H groups in total. The fourth-order valence-corrected chi connectivity index (χ4v) is 2.01. The molecule has 0 spiro atoms. The Kier molecular flexibility index (Phi) is 3.02. The molecule has 0 aliphatic rings. The lowest BCUT2D eigenvalue weighted by molar-refractivity contribution is 0.768. The Labute approximate surface area is 111 Å². The summed E-state index contributed by atoms with van der Waals surface area (Å²) in [5.41, 5.74) is 4.33. The summed E-state index contributed by atoms with van der Waals surface area (Å²) in [6.45, 7) is 0.715. The van der Waals surface area contributed by atoms with E-state index in [1.807, 2.05) is 43.8 Å². The smallest absolute Gasteiger partial charge is 0.0729 e. The van der Waals surface area contributed by atoms with Gasteiger partial charge in [0.2, 0.25) is 0 Å². The molecule has 3 aromatic rings. The van der Waals surface area contributed by atoms with Gasteiger partial charge < -0.3 is 5.32 Å². The number of hydrogen-bond acceptors (Lipinski definition) is 3. The van der Waals surface area contributed by atoms with Gasteiger partial charge in [0, 0.05) is 25.4 Å². The minimum atomic E-state index is 0.715. The number of rotatable bonds is 4. The summed E-state index contributed by atoms with van der Waals surface area (Å²) in [5.74, 6) is 0. The zero-order chi connectivity index (χ0) is 13.1. The summed E-state index contributed by atoms with van der Waals surface area (Å²) < 4.78 is 1.77. The summed E-state index contributed by atoms with van der Waals surface area (Å²) >= 11 is 0. The summed E-state index contributed by atoms with van der Waals surface area (Å²) in [4.78, 5) is 0. The lowest BCUT2D eigenvalue weighted by Crippen LogP contribution is -1.99. The Morgan fingerprint density at radius 1 is 1.21 bits per heavy atom. The molecule has 0 saturated heterocycles. The molecule has 3 rings (SSSR count). The lowest BCUT2D eigenvalue weighted by atomic mass is 10.1. The van der Waals surface area contributed by atoms with E-state index in [2.05, 4.69) is 32.7 Å². The highest BCUT2D eigenvalue weighted by Crippen LogP contribution is 2.21. The van der Waals surface area contributed by atoms with Crippen molar-refractivity contribution in [1.82, 2.24) is 20.0 Å². The maximum atomic E-state index is 4.13. The number of nitrogens with zero attached hydrogens (tertiary/aromatic N) is 3. The zero-order valence-electron chi connectivity index (χ0n) is 10.7. The van der Waals surface area contributed by atoms with Gasteiger partial charge in [-0.25, -0.2) is 0 Å². The number of benzene rings is 1. The van der Waals surface area contributed by atoms with Gasteiger partial charge in [0.05, 0.1) is 23.8 Å². The van der Waals surface area contributed by atoms with Crippen LogP contribution in [0.4, 0.5) is 5.69 Å². The van der Waals surface area contributed by atoms with Crippen LogP contribution in [0.25, 0.3) is 11.3 Å². The predicted molar refractivity (Wildman–Crippen MR) is 74.6 cm³/mol. The molecule has 0 bridgehead atoms. The second kappa shape index (κ2) is 4.97. The molecule has 0 fully saturated rings. The van der Waals surface area contributed by atoms with E-state index in [1.165, 1.54) is 0 Å². The average molecular weight is 253 g/mol. The number of H-pyrrole nitrogens is 1. The van der Waals surface area contributed by atoms with E-state index in [1.54, 1.807) is 4.68 Å². The SMILES string of the molecule is Cn1cc(NCc2cn[nH]c2-c2ccccc2)cn1. The van der Waals surface area contributed by atoms with E-state index < -0.39 is 0 Å². The van der Waals surface area contributed by atoms with Crippen LogP contribution < -0.4 is 5.32 Å². The Bertz CT molecular complexity index is 653. The fraction of sp³-hybridized carbons (Fsp3) is 0.143. The van der Waals surface area contributed by atoms with Crippen LogP contribution in [0.3, 0.4) is 0 Å². The van der Waals surface area contributed by atoms with Crippen LogP contribution in [-0.2, 0) is 13.6 Å². The molecule has 0 saturated carbocycles. The van der Waals surface area contributed by atoms with E-state index in [0.29, 0.717) is 6.54 Å². The predicted octanol–water partition coefficient (Wildman–Crippen LogP) is 2.42. The van der Waals surface area contributed by atoms with E-state index in [4.69, 9.17) is 0 Å². The first-order chi connectivity index (χ1) is 9.33. The third-order valence-electron chi connectivity index (χ3n) is 2.97. The second-order valence-corrected chi connectivity index (χ2v) is 4.39. The normalized spacial score (nSPS) is 10.6. The first kappa shape index (κ1) is 11.5. The number of aryl methyl sites for hydroxylation is 1. The molecule has 2 aromatic heterocycles. The molecule has 0 radical (unpaired) electrons. The molecule has 5 nitrogen and oxygen atoms in total. The Morgan fingerprint density at radius 3 is 2.79 bits per heavy atom. The van der Waals surface area contributed by atoms with E-state index >= 15 is 0 Å². The summed E-state index contributed by atoms with van der Waals surface area (Å²) in [5, 5.41) is 14.6. The second-order valence-electron chi connectivity index (χ2n) is 4.39. The van der Waals surface area contributed by atoms with Crippen LogP contribution >= 0.6 is 0 Å². The standard InChI is InChI=1S/C14H15N5/c1-19-10-13(9-17-19)15-7-12-8-16-18-14(12)11-5-3-2-4-6-11/h2-6,8-10,15H,7H2,1H3,(H,16,18). The molecule has 96 valence electrons. The van der Waals surface area contributed by atoms with Crippen LogP contribution in [0.2, 0.25) is 0 Å². The highest BCUT2D eigenvalue weighted by Gasteiger charge is 2.07. The van der Waals surface area contributed by atoms with E-state index in [-0.39, 0.29) is 0 Å². The van der Waals surface area contributed by atoms with Crippen LogP contribution in [0, 0.1) is 0 Å². The Balaban J connectivity index is 1.77. The van der Waals surface area contributed by atoms with Crippen molar-refractivity contribution in [3.05, 3.63) is 54.5 Å². The van der Waals surface area contributed by atoms with Gasteiger partial charge in [0.25, 0.3) is 0 Å². The fourth-order valence-electron chi connectivity index (χ4n) is 2.01. The monoisotopic (exact) mass is 253 g/mol. The van der Waals surface area contributed by atoms with Crippen molar-refractivity contribution in [2.45, 2.75) is 6.54 Å². The molecule has 0 unspecified atom stereocenters. The molecular weight excluding hydrogens is 238 g/mol. The number of aromatic nitrogens is 4. The lowest BCUT2D eigenvalue weighted by Gasteiger charge is -2.04. The Morgan fingerprint density at radius 2 is 2.05 bits per heavy atom. The third-order valence-corrected chi connectivity index (χ3v) is 2.97. The number of hydrogen-bond donors (Lipinski definition) is 2. The number of anilines is 1. The first-order valence-electron chi connectivity index (χ1n) is 6.13. The van der Waals surface area contributed by atoms with E-state index in [0.717, 1.165) is 22.5 Å². The highest BCUT2D eigenvalue weighted by atomic mass is 15.3. The molecule has 1 aromatic carbocycles. The summed E-state index contributed by atoms with van der Waals surface area (Å²) in [6, 6.07) is 10.2. The van der Waals surface area contributed by atoms with Gasteiger partial charge in [-0.15, -0.1) is 0 Å². The zero-order valence-corrected chi connectivity index (χ0v) is 10.7. The van der Waals surface area contributed by atoms with Crippen LogP contribution in [-0.4, -0.2) is 20.0 Å². The van der Waals surface area contributed by atoms with E-state index in [9.17, 15) is 0 Å². The summed E-state index contributed by atoms with van der Waals surface area (Å²) in [6.07, 6.45) is 5.61. The largest absolute Gasteiger partial charge is 0.378 e. The molecule has 0 aliphatic carbocycles. The van der Waals surface area contributed by atoms with Gasteiger partial charge in [-0.2, -0.15) is 10.2 Å². The third kappa shape index (κ3) is 2.49. The van der Waals surface area contributed by atoms with Gasteiger partial charge in [0.15, 0.2) is 0 Å². The topological polar surface area (TPSA) is 58.5 Å². The van der Waals surface area contributed by atoms with Crippen LogP contribution in [0.1, 0.15) is 5.56 Å². The number of aromatic amines is 1. The van der Waals surface area contributed by atoms with Gasteiger partial charge in [-0.3, -0.25) is 9.78 Å². The molecule has 19 heavy (non-hydrogen) atoms. The van der Waals surface area contributed by atoms with Gasteiger partial charge in [0.1, 0.15) is 0 Å². The van der Waals surface area contributed by atoms with Crippen molar-refractivity contribution >= 4 is 5.69 Å². The van der Waals surface area contributed by atoms with Crippen molar-refractivity contribution in [2.75, 3.05) is 5.32 Å². The first-order valence-corrected chi connectivity index (χ1v) is 6.13. The minimum Gasteiger partial charge on any atom is -0.378 e. The molecule has 0 atom stereocenters. The Hall–Kier alpha value is -2.56. The van der Waals surface area contributed by atoms with Crippen molar-refractivity contribution in [3.63, 3.8) is 0 Å². The molecule has 0 amide bonds. The van der Waals surface area contributed by atoms with Crippen molar-refractivity contribution in [3.8, 4) is 11.3 Å². The molecule has 0 aliphatic heterocycles. The number of nitrogens with one attached hydrogen (secondary N) is 2. The summed E-state index contributed by atoms with van der Waals surface area (Å²) in [7, 11) is 1.90. The highest BCUT2D eigenvalue weighted by molar-refractivity contribution is 5.62. The van der Waals surface area contributed by atoms with Crippen molar-refractivity contribution < 1.29 is 0 Å². The molecule has 2 heterocycles. The van der Waals surface area contributed by atoms with Crippen molar-refractivity contribution in [2.24, 2.45) is 7.05 Å².